The first kappa shape index (κ1) is 10.4. The Balaban J connectivity index is 2.86. The zero-order chi connectivity index (χ0) is 10.7. The van der Waals surface area contributed by atoms with Gasteiger partial charge in [0.05, 0.1) is 0 Å². The van der Waals surface area contributed by atoms with Gasteiger partial charge in [-0.25, -0.2) is 4.79 Å². The average molecular weight is 197 g/mol. The van der Waals surface area contributed by atoms with Crippen molar-refractivity contribution in [2.75, 3.05) is 6.54 Å². The van der Waals surface area contributed by atoms with E-state index in [1.807, 2.05) is 0 Å². The van der Waals surface area contributed by atoms with Crippen LogP contribution in [0.3, 0.4) is 0 Å². The standard InChI is InChI=1S/C8H11N3O3/c1-5-2-3-11(8(13)14)7(5)6(12)4-10-9/h4-5,7H,2-3H2,1H3,(H,13,14). The van der Waals surface area contributed by atoms with Gasteiger partial charge >= 0.3 is 12.3 Å². The maximum Gasteiger partial charge on any atom is 0.407 e. The Kier molecular flexibility index (Phi) is 2.99. The van der Waals surface area contributed by atoms with Crippen LogP contribution in [0.5, 0.6) is 0 Å². The van der Waals surface area contributed by atoms with Crippen molar-refractivity contribution in [3.8, 4) is 0 Å². The van der Waals surface area contributed by atoms with Gasteiger partial charge in [-0.3, -0.25) is 9.69 Å². The van der Waals surface area contributed by atoms with Gasteiger partial charge in [-0.05, 0) is 12.3 Å². The fourth-order valence-electron chi connectivity index (χ4n) is 1.73. The number of rotatable bonds is 2. The second-order valence-electron chi connectivity index (χ2n) is 3.33. The van der Waals surface area contributed by atoms with Crippen LogP contribution in [0.25, 0.3) is 5.53 Å². The Labute approximate surface area is 80.7 Å². The molecule has 1 fully saturated rings. The topological polar surface area (TPSA) is 94.0 Å². The van der Waals surface area contributed by atoms with Crippen LogP contribution in [0, 0.1) is 5.92 Å². The summed E-state index contributed by atoms with van der Waals surface area (Å²) >= 11 is 0. The van der Waals surface area contributed by atoms with Crippen molar-refractivity contribution in [2.45, 2.75) is 19.4 Å². The molecular formula is C8H11N3O3. The van der Waals surface area contributed by atoms with Crippen molar-refractivity contribution in [3.05, 3.63) is 5.53 Å². The van der Waals surface area contributed by atoms with Gasteiger partial charge in [-0.2, -0.15) is 4.79 Å². The molecule has 1 N–H and O–H groups in total. The predicted octanol–water partition coefficient (Wildman–Crippen LogP) is 0.244. The number of carbonyl (C=O) groups excluding carboxylic acids is 1. The highest BCUT2D eigenvalue weighted by molar-refractivity contribution is 6.28. The fourth-order valence-corrected chi connectivity index (χ4v) is 1.73. The molecule has 2 unspecified atom stereocenters. The van der Waals surface area contributed by atoms with Gasteiger partial charge in [-0.15, -0.1) is 0 Å². The maximum absolute atomic E-state index is 11.4. The van der Waals surface area contributed by atoms with Crippen molar-refractivity contribution < 1.29 is 19.5 Å². The summed E-state index contributed by atoms with van der Waals surface area (Å²) in [5.41, 5.74) is 8.19. The number of Topliss-reactive ketones (excluding diaryl/α,β-unsaturated/α-hetero) is 1. The van der Waals surface area contributed by atoms with E-state index in [4.69, 9.17) is 10.6 Å². The maximum atomic E-state index is 11.4. The fraction of sp³-hybridized carbons (Fsp3) is 0.625. The first-order valence-corrected chi connectivity index (χ1v) is 4.28. The van der Waals surface area contributed by atoms with Crippen molar-refractivity contribution >= 4 is 18.1 Å². The van der Waals surface area contributed by atoms with E-state index in [0.29, 0.717) is 13.0 Å². The van der Waals surface area contributed by atoms with Crippen molar-refractivity contribution in [1.29, 1.82) is 0 Å². The van der Waals surface area contributed by atoms with Crippen molar-refractivity contribution in [1.82, 2.24) is 4.90 Å². The summed E-state index contributed by atoms with van der Waals surface area (Å²) in [6, 6.07) is -0.705. The summed E-state index contributed by atoms with van der Waals surface area (Å²) in [5.74, 6) is -0.503. The first-order valence-electron chi connectivity index (χ1n) is 4.28. The van der Waals surface area contributed by atoms with Gasteiger partial charge in [-0.1, -0.05) is 6.92 Å². The summed E-state index contributed by atoms with van der Waals surface area (Å²) in [7, 11) is 0. The number of hydrogen-bond donors (Lipinski definition) is 1. The van der Waals surface area contributed by atoms with Crippen LogP contribution in [-0.4, -0.2) is 45.5 Å². The van der Waals surface area contributed by atoms with Crippen LogP contribution in [0.15, 0.2) is 0 Å². The molecule has 0 saturated carbocycles. The number of nitrogens with zero attached hydrogens (tertiary/aromatic N) is 3. The lowest BCUT2D eigenvalue weighted by Crippen LogP contribution is -2.42. The minimum absolute atomic E-state index is 0.0309. The molecule has 14 heavy (non-hydrogen) atoms. The van der Waals surface area contributed by atoms with E-state index >= 15 is 0 Å². The van der Waals surface area contributed by atoms with Gasteiger partial charge in [0.2, 0.25) is 0 Å². The third kappa shape index (κ3) is 1.80. The molecule has 0 aromatic heterocycles. The lowest BCUT2D eigenvalue weighted by molar-refractivity contribution is -0.120. The van der Waals surface area contributed by atoms with Gasteiger partial charge < -0.3 is 10.6 Å². The van der Waals surface area contributed by atoms with Gasteiger partial charge in [0.1, 0.15) is 6.04 Å². The third-order valence-corrected chi connectivity index (χ3v) is 2.42. The molecule has 0 spiro atoms. The molecule has 1 heterocycles. The first-order chi connectivity index (χ1) is 6.57. The Morgan fingerprint density at radius 2 is 2.29 bits per heavy atom. The number of ketones is 1. The highest BCUT2D eigenvalue weighted by Gasteiger charge is 2.40. The predicted molar refractivity (Wildman–Crippen MR) is 47.0 cm³/mol. The summed E-state index contributed by atoms with van der Waals surface area (Å²) in [5, 5.41) is 8.79. The number of amides is 1. The van der Waals surface area contributed by atoms with Gasteiger partial charge in [0.15, 0.2) is 0 Å². The average Bonchev–Trinajstić information content (AvgIpc) is 2.47. The van der Waals surface area contributed by atoms with E-state index in [-0.39, 0.29) is 5.92 Å². The Morgan fingerprint density at radius 3 is 2.79 bits per heavy atom. The smallest absolute Gasteiger partial charge is 0.407 e. The molecule has 0 aliphatic carbocycles. The zero-order valence-electron chi connectivity index (χ0n) is 7.75. The van der Waals surface area contributed by atoms with Gasteiger partial charge in [0, 0.05) is 6.54 Å². The van der Waals surface area contributed by atoms with Crippen LogP contribution in [0.2, 0.25) is 0 Å². The molecule has 0 radical (unpaired) electrons. The SMILES string of the molecule is CC1CCN(C(=O)O)C1C(=O)C=[N+]=[N-]. The highest BCUT2D eigenvalue weighted by atomic mass is 16.4. The second-order valence-corrected chi connectivity index (χ2v) is 3.33. The molecule has 6 nitrogen and oxygen atoms in total. The minimum Gasteiger partial charge on any atom is -0.465 e. The largest absolute Gasteiger partial charge is 0.465 e. The van der Waals surface area contributed by atoms with E-state index in [1.165, 1.54) is 0 Å². The Bertz CT molecular complexity index is 309. The van der Waals surface area contributed by atoms with Gasteiger partial charge in [0.25, 0.3) is 5.78 Å². The normalized spacial score (nSPS) is 25.6. The quantitative estimate of drug-likeness (QED) is 0.390. The zero-order valence-corrected chi connectivity index (χ0v) is 7.75. The van der Waals surface area contributed by atoms with Crippen molar-refractivity contribution in [2.24, 2.45) is 5.92 Å². The molecule has 1 aliphatic rings. The van der Waals surface area contributed by atoms with E-state index in [0.717, 1.165) is 11.1 Å². The van der Waals surface area contributed by atoms with Crippen LogP contribution in [-0.2, 0) is 4.79 Å². The molecule has 2 atom stereocenters. The summed E-state index contributed by atoms with van der Waals surface area (Å²) < 4.78 is 0. The molecule has 76 valence electrons. The second kappa shape index (κ2) is 4.02. The lowest BCUT2D eigenvalue weighted by atomic mass is 10.00. The Hall–Kier alpha value is -1.68. The molecule has 6 heteroatoms. The molecule has 0 aromatic rings. The number of likely N-dealkylation sites (tertiary alicyclic amines) is 1. The van der Waals surface area contributed by atoms with E-state index in [2.05, 4.69) is 4.79 Å². The number of carboxylic acid groups (broad SMARTS) is 1. The number of carbonyl (C=O) groups is 2. The Morgan fingerprint density at radius 1 is 1.64 bits per heavy atom. The summed E-state index contributed by atoms with van der Waals surface area (Å²) in [6.45, 7) is 2.16. The highest BCUT2D eigenvalue weighted by Crippen LogP contribution is 2.23. The molecule has 1 saturated heterocycles. The van der Waals surface area contributed by atoms with Crippen LogP contribution < -0.4 is 0 Å². The van der Waals surface area contributed by atoms with E-state index in [1.54, 1.807) is 6.92 Å². The summed E-state index contributed by atoms with van der Waals surface area (Å²) in [4.78, 5) is 25.8. The van der Waals surface area contributed by atoms with Crippen LogP contribution in [0.4, 0.5) is 4.79 Å². The molecule has 0 aromatic carbocycles. The molecular weight excluding hydrogens is 186 g/mol. The van der Waals surface area contributed by atoms with E-state index in [9.17, 15) is 9.59 Å². The molecule has 1 amide bonds. The van der Waals surface area contributed by atoms with E-state index < -0.39 is 17.9 Å². The monoisotopic (exact) mass is 197 g/mol. The molecule has 1 rings (SSSR count). The molecule has 0 bridgehead atoms. The number of hydrogen-bond acceptors (Lipinski definition) is 2. The molecule has 1 aliphatic heterocycles. The van der Waals surface area contributed by atoms with Crippen LogP contribution in [0.1, 0.15) is 13.3 Å². The minimum atomic E-state index is -1.11. The third-order valence-electron chi connectivity index (χ3n) is 2.42. The lowest BCUT2D eigenvalue weighted by Gasteiger charge is -2.19. The van der Waals surface area contributed by atoms with Crippen LogP contribution >= 0.6 is 0 Å². The summed E-state index contributed by atoms with van der Waals surface area (Å²) in [6.07, 6.45) is 0.295. The van der Waals surface area contributed by atoms with Crippen molar-refractivity contribution in [3.63, 3.8) is 0 Å².